The van der Waals surface area contributed by atoms with Gasteiger partial charge in [-0.2, -0.15) is 0 Å². The molecule has 1 aromatic heterocycles. The first-order chi connectivity index (χ1) is 8.66. The van der Waals surface area contributed by atoms with Crippen LogP contribution < -0.4 is 5.32 Å². The summed E-state index contributed by atoms with van der Waals surface area (Å²) in [6.45, 7) is 6.14. The van der Waals surface area contributed by atoms with Gasteiger partial charge in [0.1, 0.15) is 0 Å². The predicted octanol–water partition coefficient (Wildman–Crippen LogP) is 2.71. The van der Waals surface area contributed by atoms with Crippen molar-refractivity contribution in [2.45, 2.75) is 32.0 Å². The second kappa shape index (κ2) is 7.01. The predicted molar refractivity (Wildman–Crippen MR) is 80.2 cm³/mol. The second-order valence-corrected chi connectivity index (χ2v) is 6.73. The summed E-state index contributed by atoms with van der Waals surface area (Å²) in [5.41, 5.74) is 0. The molecule has 18 heavy (non-hydrogen) atoms. The van der Waals surface area contributed by atoms with E-state index in [9.17, 15) is 0 Å². The molecule has 1 N–H and O–H groups in total. The van der Waals surface area contributed by atoms with Crippen LogP contribution in [-0.4, -0.2) is 43.8 Å². The van der Waals surface area contributed by atoms with Crippen molar-refractivity contribution in [3.8, 4) is 0 Å². The monoisotopic (exact) mass is 332 g/mol. The highest BCUT2D eigenvalue weighted by molar-refractivity contribution is 9.10. The number of rotatable bonds is 6. The van der Waals surface area contributed by atoms with Gasteiger partial charge in [-0.25, -0.2) is 0 Å². The molecular formula is C13H21BrN2OS. The Morgan fingerprint density at radius 1 is 1.61 bits per heavy atom. The molecule has 0 amide bonds. The van der Waals surface area contributed by atoms with Crippen LogP contribution in [0.5, 0.6) is 0 Å². The lowest BCUT2D eigenvalue weighted by Gasteiger charge is -2.26. The second-order valence-electron chi connectivity index (χ2n) is 4.82. The van der Waals surface area contributed by atoms with Crippen molar-refractivity contribution in [3.05, 3.63) is 20.8 Å². The van der Waals surface area contributed by atoms with E-state index in [1.165, 1.54) is 9.35 Å². The van der Waals surface area contributed by atoms with E-state index in [4.69, 9.17) is 4.74 Å². The summed E-state index contributed by atoms with van der Waals surface area (Å²) in [6.07, 6.45) is 1.54. The molecule has 2 heterocycles. The number of hydrogen-bond acceptors (Lipinski definition) is 4. The standard InChI is InChI=1S/C13H21BrN2OS/c1-10-13(3-6-17-10)16(2)5-4-15-8-12-7-11(14)9-18-12/h7,9-10,13,15H,3-6,8H2,1-2H3. The van der Waals surface area contributed by atoms with Crippen LogP contribution in [0.4, 0.5) is 0 Å². The number of nitrogens with one attached hydrogen (secondary N) is 1. The largest absolute Gasteiger partial charge is 0.377 e. The first-order valence-electron chi connectivity index (χ1n) is 6.42. The molecule has 1 aliphatic heterocycles. The van der Waals surface area contributed by atoms with E-state index >= 15 is 0 Å². The summed E-state index contributed by atoms with van der Waals surface area (Å²) in [4.78, 5) is 3.79. The third kappa shape index (κ3) is 4.03. The fourth-order valence-electron chi connectivity index (χ4n) is 2.38. The minimum atomic E-state index is 0.378. The maximum atomic E-state index is 5.60. The zero-order valence-corrected chi connectivity index (χ0v) is 13.4. The zero-order chi connectivity index (χ0) is 13.0. The molecule has 0 aromatic carbocycles. The molecule has 1 aliphatic rings. The van der Waals surface area contributed by atoms with Crippen LogP contribution in [0, 0.1) is 0 Å². The van der Waals surface area contributed by atoms with Gasteiger partial charge in [-0.1, -0.05) is 0 Å². The molecule has 2 unspecified atom stereocenters. The van der Waals surface area contributed by atoms with E-state index < -0.39 is 0 Å². The van der Waals surface area contributed by atoms with Crippen molar-refractivity contribution in [2.24, 2.45) is 0 Å². The van der Waals surface area contributed by atoms with Crippen LogP contribution >= 0.6 is 27.3 Å². The van der Waals surface area contributed by atoms with Crippen LogP contribution in [-0.2, 0) is 11.3 Å². The van der Waals surface area contributed by atoms with Crippen molar-refractivity contribution in [3.63, 3.8) is 0 Å². The minimum Gasteiger partial charge on any atom is -0.377 e. The molecule has 1 aromatic rings. The number of hydrogen-bond donors (Lipinski definition) is 1. The van der Waals surface area contributed by atoms with E-state index in [0.717, 1.165) is 32.7 Å². The van der Waals surface area contributed by atoms with Crippen molar-refractivity contribution in [1.82, 2.24) is 10.2 Å². The summed E-state index contributed by atoms with van der Waals surface area (Å²) in [5.74, 6) is 0. The Bertz CT molecular complexity index is 372. The number of ether oxygens (including phenoxy) is 1. The van der Waals surface area contributed by atoms with E-state index in [2.05, 4.69) is 51.6 Å². The SMILES string of the molecule is CC1OCCC1N(C)CCNCc1cc(Br)cs1. The van der Waals surface area contributed by atoms with Gasteiger partial charge < -0.3 is 10.1 Å². The van der Waals surface area contributed by atoms with Crippen LogP contribution in [0.3, 0.4) is 0 Å². The van der Waals surface area contributed by atoms with Crippen LogP contribution in [0.1, 0.15) is 18.2 Å². The third-order valence-corrected chi connectivity index (χ3v) is 5.16. The lowest BCUT2D eigenvalue weighted by atomic mass is 10.1. The van der Waals surface area contributed by atoms with Gasteiger partial charge in [0.25, 0.3) is 0 Å². The van der Waals surface area contributed by atoms with Gasteiger partial charge in [0.15, 0.2) is 0 Å². The molecule has 3 nitrogen and oxygen atoms in total. The highest BCUT2D eigenvalue weighted by Gasteiger charge is 2.27. The summed E-state index contributed by atoms with van der Waals surface area (Å²) in [5, 5.41) is 5.62. The Labute approximate surface area is 122 Å². The lowest BCUT2D eigenvalue weighted by molar-refractivity contribution is 0.0840. The molecule has 5 heteroatoms. The molecule has 0 spiro atoms. The molecule has 102 valence electrons. The average molecular weight is 333 g/mol. The number of thiophene rings is 1. The Hall–Kier alpha value is 0.0600. The molecule has 0 aliphatic carbocycles. The van der Waals surface area contributed by atoms with Crippen LogP contribution in [0.2, 0.25) is 0 Å². The summed E-state index contributed by atoms with van der Waals surface area (Å²) >= 11 is 5.27. The highest BCUT2D eigenvalue weighted by atomic mass is 79.9. The molecular weight excluding hydrogens is 312 g/mol. The topological polar surface area (TPSA) is 24.5 Å². The normalized spacial score (nSPS) is 24.0. The van der Waals surface area contributed by atoms with E-state index in [1.54, 1.807) is 11.3 Å². The molecule has 0 radical (unpaired) electrons. The van der Waals surface area contributed by atoms with Gasteiger partial charge >= 0.3 is 0 Å². The average Bonchev–Trinajstić information content (AvgIpc) is 2.93. The number of halogens is 1. The zero-order valence-electron chi connectivity index (χ0n) is 11.0. The van der Waals surface area contributed by atoms with Crippen LogP contribution in [0.15, 0.2) is 15.9 Å². The van der Waals surface area contributed by atoms with Crippen molar-refractivity contribution in [1.29, 1.82) is 0 Å². The first-order valence-corrected chi connectivity index (χ1v) is 8.09. The minimum absolute atomic E-state index is 0.378. The molecule has 0 bridgehead atoms. The van der Waals surface area contributed by atoms with Crippen molar-refractivity contribution >= 4 is 27.3 Å². The van der Waals surface area contributed by atoms with E-state index in [-0.39, 0.29) is 0 Å². The maximum Gasteiger partial charge on any atom is 0.0702 e. The summed E-state index contributed by atoms with van der Waals surface area (Å²) in [7, 11) is 2.19. The Morgan fingerprint density at radius 3 is 3.06 bits per heavy atom. The quantitative estimate of drug-likeness (QED) is 0.810. The summed E-state index contributed by atoms with van der Waals surface area (Å²) in [6, 6.07) is 2.76. The fraction of sp³-hybridized carbons (Fsp3) is 0.692. The Balaban J connectivity index is 1.63. The lowest BCUT2D eigenvalue weighted by Crippen LogP contribution is -2.40. The van der Waals surface area contributed by atoms with E-state index in [1.807, 2.05) is 0 Å². The smallest absolute Gasteiger partial charge is 0.0702 e. The molecule has 2 atom stereocenters. The maximum absolute atomic E-state index is 5.60. The fourth-order valence-corrected chi connectivity index (χ4v) is 3.80. The van der Waals surface area contributed by atoms with E-state index in [0.29, 0.717) is 12.1 Å². The Kier molecular flexibility index (Phi) is 5.63. The molecule has 1 saturated heterocycles. The van der Waals surface area contributed by atoms with Gasteiger partial charge in [-0.15, -0.1) is 11.3 Å². The summed E-state index contributed by atoms with van der Waals surface area (Å²) < 4.78 is 6.78. The van der Waals surface area contributed by atoms with Crippen LogP contribution in [0.25, 0.3) is 0 Å². The molecule has 2 rings (SSSR count). The first kappa shape index (κ1) is 14.5. The number of likely N-dealkylation sites (N-methyl/N-ethyl adjacent to an activating group) is 1. The van der Waals surface area contributed by atoms with Crippen molar-refractivity contribution in [2.75, 3.05) is 26.7 Å². The van der Waals surface area contributed by atoms with Gasteiger partial charge in [-0.3, -0.25) is 4.90 Å². The molecule has 1 fully saturated rings. The highest BCUT2D eigenvalue weighted by Crippen LogP contribution is 2.19. The molecule has 0 saturated carbocycles. The van der Waals surface area contributed by atoms with Gasteiger partial charge in [0.05, 0.1) is 6.10 Å². The number of nitrogens with zero attached hydrogens (tertiary/aromatic N) is 1. The third-order valence-electron chi connectivity index (χ3n) is 3.46. The van der Waals surface area contributed by atoms with Gasteiger partial charge in [-0.05, 0) is 42.4 Å². The van der Waals surface area contributed by atoms with Gasteiger partial charge in [0.2, 0.25) is 0 Å². The van der Waals surface area contributed by atoms with Crippen molar-refractivity contribution < 1.29 is 4.74 Å². The van der Waals surface area contributed by atoms with Gasteiger partial charge in [0, 0.05) is 47.0 Å². The Morgan fingerprint density at radius 2 is 2.44 bits per heavy atom.